The smallest absolute Gasteiger partial charge is 0.251 e. The molecule has 1 fully saturated rings. The Hall–Kier alpha value is -1.92. The standard InChI is InChI=1S/C20H17ClF2N2OS/c21-18-14-3-1-2-4-16(14)27-17-6-5-12(11-15(17)25-18)19(26)24-13-7-9-20(22,23)10-8-13/h1-6,11,13H,7-10H2,(H,24,26). The number of fused-ring (bicyclic) bond motifs is 2. The molecule has 1 aliphatic heterocycles. The number of aliphatic imine (C=N–C) groups is 1. The predicted octanol–water partition coefficient (Wildman–Crippen LogP) is 5.78. The molecule has 1 saturated carbocycles. The second-order valence-electron chi connectivity index (χ2n) is 6.79. The van der Waals surface area contributed by atoms with Crippen LogP contribution >= 0.6 is 23.4 Å². The number of nitrogens with one attached hydrogen (secondary N) is 1. The Labute approximate surface area is 165 Å². The van der Waals surface area contributed by atoms with E-state index in [9.17, 15) is 13.6 Å². The highest BCUT2D eigenvalue weighted by atomic mass is 35.5. The van der Waals surface area contributed by atoms with Crippen LogP contribution in [0.4, 0.5) is 14.5 Å². The Morgan fingerprint density at radius 3 is 2.67 bits per heavy atom. The summed E-state index contributed by atoms with van der Waals surface area (Å²) < 4.78 is 26.5. The van der Waals surface area contributed by atoms with Crippen molar-refractivity contribution in [2.45, 2.75) is 47.4 Å². The SMILES string of the molecule is O=C(NC1CCC(F)(F)CC1)c1ccc2c(c1)N=C(Cl)c1ccccc1S2. The van der Waals surface area contributed by atoms with E-state index < -0.39 is 5.92 Å². The number of hydrogen-bond acceptors (Lipinski definition) is 3. The summed E-state index contributed by atoms with van der Waals surface area (Å²) in [4.78, 5) is 18.9. The monoisotopic (exact) mass is 406 g/mol. The van der Waals surface area contributed by atoms with Gasteiger partial charge < -0.3 is 5.32 Å². The molecule has 27 heavy (non-hydrogen) atoms. The van der Waals surface area contributed by atoms with Crippen LogP contribution in [-0.2, 0) is 0 Å². The number of carbonyl (C=O) groups is 1. The Morgan fingerprint density at radius 2 is 1.89 bits per heavy atom. The molecule has 1 aliphatic carbocycles. The Morgan fingerprint density at radius 1 is 1.15 bits per heavy atom. The first kappa shape index (κ1) is 18.4. The molecule has 1 amide bonds. The van der Waals surface area contributed by atoms with Crippen LogP contribution in [0.3, 0.4) is 0 Å². The van der Waals surface area contributed by atoms with Gasteiger partial charge in [-0.2, -0.15) is 0 Å². The van der Waals surface area contributed by atoms with Crippen LogP contribution in [0.1, 0.15) is 41.6 Å². The topological polar surface area (TPSA) is 41.5 Å². The van der Waals surface area contributed by atoms with Gasteiger partial charge in [-0.05, 0) is 37.1 Å². The largest absolute Gasteiger partial charge is 0.349 e. The molecular weight excluding hydrogens is 390 g/mol. The first-order valence-electron chi connectivity index (χ1n) is 8.75. The lowest BCUT2D eigenvalue weighted by molar-refractivity contribution is -0.0399. The van der Waals surface area contributed by atoms with Gasteiger partial charge in [-0.15, -0.1) is 0 Å². The maximum Gasteiger partial charge on any atom is 0.251 e. The summed E-state index contributed by atoms with van der Waals surface area (Å²) in [6.45, 7) is 0. The summed E-state index contributed by atoms with van der Waals surface area (Å²) in [6.07, 6.45) is 0.214. The molecule has 2 aliphatic rings. The number of alkyl halides is 2. The van der Waals surface area contributed by atoms with Gasteiger partial charge in [0.25, 0.3) is 5.91 Å². The van der Waals surface area contributed by atoms with E-state index in [1.165, 1.54) is 0 Å². The zero-order chi connectivity index (χ0) is 19.0. The number of rotatable bonds is 2. The molecule has 7 heteroatoms. The molecule has 0 radical (unpaired) electrons. The first-order valence-corrected chi connectivity index (χ1v) is 9.95. The molecule has 4 rings (SSSR count). The molecular formula is C20H17ClF2N2OS. The van der Waals surface area contributed by atoms with E-state index in [0.29, 0.717) is 29.3 Å². The lowest BCUT2D eigenvalue weighted by Crippen LogP contribution is -2.40. The maximum atomic E-state index is 13.3. The quantitative estimate of drug-likeness (QED) is 0.687. The number of carbonyl (C=O) groups excluding carboxylic acids is 1. The third kappa shape index (κ3) is 4.01. The molecule has 2 aromatic rings. The number of benzene rings is 2. The van der Waals surface area contributed by atoms with Crippen LogP contribution in [0.2, 0.25) is 0 Å². The summed E-state index contributed by atoms with van der Waals surface area (Å²) in [5.41, 5.74) is 1.93. The normalized spacial score (nSPS) is 18.7. The molecule has 2 aromatic carbocycles. The highest BCUT2D eigenvalue weighted by molar-refractivity contribution is 7.99. The van der Waals surface area contributed by atoms with Gasteiger partial charge in [0.15, 0.2) is 0 Å². The molecule has 0 atom stereocenters. The van der Waals surface area contributed by atoms with Crippen LogP contribution in [0, 0.1) is 0 Å². The third-order valence-electron chi connectivity index (χ3n) is 4.82. The lowest BCUT2D eigenvalue weighted by atomic mass is 9.92. The zero-order valence-corrected chi connectivity index (χ0v) is 15.9. The molecule has 1 heterocycles. The van der Waals surface area contributed by atoms with Gasteiger partial charge in [0.1, 0.15) is 5.17 Å². The van der Waals surface area contributed by atoms with Crippen molar-refractivity contribution >= 4 is 40.1 Å². The van der Waals surface area contributed by atoms with Crippen molar-refractivity contribution in [1.29, 1.82) is 0 Å². The fourth-order valence-corrected chi connectivity index (χ4v) is 4.61. The van der Waals surface area contributed by atoms with Crippen molar-refractivity contribution in [3.8, 4) is 0 Å². The van der Waals surface area contributed by atoms with Gasteiger partial charge in [0.05, 0.1) is 5.69 Å². The van der Waals surface area contributed by atoms with E-state index in [1.807, 2.05) is 30.3 Å². The molecule has 3 nitrogen and oxygen atoms in total. The second-order valence-corrected chi connectivity index (χ2v) is 8.23. The van der Waals surface area contributed by atoms with Crippen LogP contribution in [-0.4, -0.2) is 23.0 Å². The Bertz CT molecular complexity index is 922. The summed E-state index contributed by atoms with van der Waals surface area (Å²) in [5.74, 6) is -2.88. The summed E-state index contributed by atoms with van der Waals surface area (Å²) in [5, 5.41) is 3.24. The molecule has 1 N–H and O–H groups in total. The fraction of sp³-hybridized carbons (Fsp3) is 0.300. The lowest BCUT2D eigenvalue weighted by Gasteiger charge is -2.28. The van der Waals surface area contributed by atoms with Crippen LogP contribution in [0.5, 0.6) is 0 Å². The van der Waals surface area contributed by atoms with Gasteiger partial charge in [-0.25, -0.2) is 13.8 Å². The van der Waals surface area contributed by atoms with Crippen molar-refractivity contribution in [1.82, 2.24) is 5.32 Å². The van der Waals surface area contributed by atoms with E-state index in [1.54, 1.807) is 23.9 Å². The first-order chi connectivity index (χ1) is 12.9. The third-order valence-corrected chi connectivity index (χ3v) is 6.25. The van der Waals surface area contributed by atoms with Crippen molar-refractivity contribution in [2.24, 2.45) is 4.99 Å². The van der Waals surface area contributed by atoms with Gasteiger partial charge >= 0.3 is 0 Å². The van der Waals surface area contributed by atoms with Crippen LogP contribution in [0.15, 0.2) is 57.2 Å². The van der Waals surface area contributed by atoms with E-state index in [2.05, 4.69) is 10.3 Å². The average Bonchev–Trinajstić information content (AvgIpc) is 2.78. The average molecular weight is 407 g/mol. The fourth-order valence-electron chi connectivity index (χ4n) is 3.30. The van der Waals surface area contributed by atoms with Gasteiger partial charge in [0, 0.05) is 39.8 Å². The van der Waals surface area contributed by atoms with E-state index in [-0.39, 0.29) is 24.8 Å². The maximum absolute atomic E-state index is 13.3. The van der Waals surface area contributed by atoms with Gasteiger partial charge in [0.2, 0.25) is 5.92 Å². The summed E-state index contributed by atoms with van der Waals surface area (Å²) in [7, 11) is 0. The van der Waals surface area contributed by atoms with E-state index >= 15 is 0 Å². The number of halogens is 3. The van der Waals surface area contributed by atoms with Crippen molar-refractivity contribution < 1.29 is 13.6 Å². The zero-order valence-electron chi connectivity index (χ0n) is 14.3. The molecule has 0 unspecified atom stereocenters. The highest BCUT2D eigenvalue weighted by Crippen LogP contribution is 2.41. The molecule has 0 bridgehead atoms. The van der Waals surface area contributed by atoms with Crippen molar-refractivity contribution in [3.05, 3.63) is 53.6 Å². The predicted molar refractivity (Wildman–Crippen MR) is 104 cm³/mol. The van der Waals surface area contributed by atoms with Crippen LogP contribution in [0.25, 0.3) is 0 Å². The number of nitrogens with zero attached hydrogens (tertiary/aromatic N) is 1. The minimum atomic E-state index is -2.61. The molecule has 140 valence electrons. The highest BCUT2D eigenvalue weighted by Gasteiger charge is 2.35. The Kier molecular flexibility index (Phi) is 4.95. The van der Waals surface area contributed by atoms with E-state index in [4.69, 9.17) is 11.6 Å². The Balaban J connectivity index is 1.54. The van der Waals surface area contributed by atoms with Crippen molar-refractivity contribution in [2.75, 3.05) is 0 Å². The molecule has 0 aromatic heterocycles. The van der Waals surface area contributed by atoms with Gasteiger partial charge in [-0.3, -0.25) is 4.79 Å². The van der Waals surface area contributed by atoms with E-state index in [0.717, 1.165) is 15.4 Å². The second kappa shape index (κ2) is 7.24. The summed E-state index contributed by atoms with van der Waals surface area (Å²) in [6, 6.07) is 12.8. The van der Waals surface area contributed by atoms with Crippen LogP contribution < -0.4 is 5.32 Å². The molecule has 0 saturated heterocycles. The minimum absolute atomic E-state index is 0.184. The minimum Gasteiger partial charge on any atom is -0.349 e. The number of amides is 1. The molecule has 0 spiro atoms. The van der Waals surface area contributed by atoms with Gasteiger partial charge in [-0.1, -0.05) is 41.6 Å². The summed E-state index contributed by atoms with van der Waals surface area (Å²) >= 11 is 7.91. The van der Waals surface area contributed by atoms with Crippen molar-refractivity contribution in [3.63, 3.8) is 0 Å². The number of hydrogen-bond donors (Lipinski definition) is 1.